The number of benzene rings is 2. The van der Waals surface area contributed by atoms with Crippen LogP contribution in [0.3, 0.4) is 0 Å². The van der Waals surface area contributed by atoms with E-state index in [9.17, 15) is 4.79 Å². The van der Waals surface area contributed by atoms with Gasteiger partial charge < -0.3 is 19.2 Å². The summed E-state index contributed by atoms with van der Waals surface area (Å²) in [4.78, 5) is 12.7. The highest BCUT2D eigenvalue weighted by Crippen LogP contribution is 2.29. The van der Waals surface area contributed by atoms with E-state index in [0.29, 0.717) is 35.0 Å². The number of hydrogen-bond donors (Lipinski definition) is 1. The molecule has 0 aliphatic rings. The molecule has 0 bridgehead atoms. The largest absolute Gasteiger partial charge is 0.497 e. The van der Waals surface area contributed by atoms with Crippen LogP contribution in [0.15, 0.2) is 46.9 Å². The van der Waals surface area contributed by atoms with Gasteiger partial charge in [0.2, 0.25) is 0 Å². The summed E-state index contributed by atoms with van der Waals surface area (Å²) in [5.74, 6) is 1.80. The fourth-order valence-corrected chi connectivity index (χ4v) is 2.60. The lowest BCUT2D eigenvalue weighted by atomic mass is 10.1. The average Bonchev–Trinajstić information content (AvgIpc) is 2.91. The van der Waals surface area contributed by atoms with E-state index in [1.165, 1.54) is 0 Å². The van der Waals surface area contributed by atoms with Gasteiger partial charge in [-0.3, -0.25) is 4.79 Å². The zero-order chi connectivity index (χ0) is 17.1. The number of furan rings is 1. The van der Waals surface area contributed by atoms with Crippen molar-refractivity contribution in [2.24, 2.45) is 0 Å². The van der Waals surface area contributed by atoms with Crippen molar-refractivity contribution < 1.29 is 18.7 Å². The molecule has 2 aromatic carbocycles. The normalized spacial score (nSPS) is 10.6. The molecule has 3 aromatic rings. The molecule has 1 N–H and O–H groups in total. The van der Waals surface area contributed by atoms with Crippen LogP contribution in [0.5, 0.6) is 11.5 Å². The summed E-state index contributed by atoms with van der Waals surface area (Å²) in [6, 6.07) is 12.7. The first kappa shape index (κ1) is 15.9. The Kier molecular flexibility index (Phi) is 4.42. The lowest BCUT2D eigenvalue weighted by Crippen LogP contribution is -2.12. The molecule has 0 saturated heterocycles. The Morgan fingerprint density at radius 3 is 2.50 bits per heavy atom. The molecule has 5 heteroatoms. The predicted octanol–water partition coefficient (Wildman–Crippen LogP) is 4.40. The van der Waals surface area contributed by atoms with Crippen LogP contribution in [0.4, 0.5) is 5.69 Å². The third-order valence-electron chi connectivity index (χ3n) is 3.72. The van der Waals surface area contributed by atoms with Crippen LogP contribution in [-0.4, -0.2) is 19.6 Å². The first-order chi connectivity index (χ1) is 11.6. The first-order valence-electron chi connectivity index (χ1n) is 7.73. The van der Waals surface area contributed by atoms with Crippen molar-refractivity contribution in [1.82, 2.24) is 0 Å². The van der Waals surface area contributed by atoms with E-state index in [-0.39, 0.29) is 5.91 Å². The molecule has 0 aliphatic carbocycles. The predicted molar refractivity (Wildman–Crippen MR) is 93.1 cm³/mol. The minimum Gasteiger partial charge on any atom is -0.497 e. The maximum atomic E-state index is 12.7. The van der Waals surface area contributed by atoms with Crippen molar-refractivity contribution in [1.29, 1.82) is 0 Å². The molecule has 0 radical (unpaired) electrons. The molecular formula is C19H19NO4. The summed E-state index contributed by atoms with van der Waals surface area (Å²) >= 11 is 0. The van der Waals surface area contributed by atoms with Crippen molar-refractivity contribution in [3.8, 4) is 11.5 Å². The van der Waals surface area contributed by atoms with E-state index in [4.69, 9.17) is 13.9 Å². The second-order valence-corrected chi connectivity index (χ2v) is 5.31. The highest BCUT2D eigenvalue weighted by molar-refractivity contribution is 6.13. The zero-order valence-corrected chi connectivity index (χ0v) is 13.9. The third kappa shape index (κ3) is 3.06. The number of carbonyl (C=O) groups is 1. The lowest BCUT2D eigenvalue weighted by molar-refractivity contribution is 0.102. The van der Waals surface area contributed by atoms with Crippen LogP contribution >= 0.6 is 0 Å². The van der Waals surface area contributed by atoms with E-state index in [1.807, 2.05) is 19.1 Å². The molecule has 3 rings (SSSR count). The maximum Gasteiger partial charge on any atom is 0.259 e. The Labute approximate surface area is 140 Å². The number of amides is 1. The monoisotopic (exact) mass is 325 g/mol. The van der Waals surface area contributed by atoms with E-state index >= 15 is 0 Å². The molecule has 0 saturated carbocycles. The molecule has 1 heterocycles. The summed E-state index contributed by atoms with van der Waals surface area (Å²) in [6.45, 7) is 4.31. The number of carbonyl (C=O) groups excluding carboxylic acids is 1. The van der Waals surface area contributed by atoms with Gasteiger partial charge >= 0.3 is 0 Å². The number of anilines is 1. The van der Waals surface area contributed by atoms with Gasteiger partial charge in [0.05, 0.1) is 19.3 Å². The Morgan fingerprint density at radius 2 is 1.83 bits per heavy atom. The molecule has 0 atom stereocenters. The van der Waals surface area contributed by atoms with Gasteiger partial charge in [-0.05, 0) is 56.3 Å². The number of nitrogens with one attached hydrogen (secondary N) is 1. The molecule has 0 fully saturated rings. The minimum absolute atomic E-state index is 0.219. The molecule has 124 valence electrons. The topological polar surface area (TPSA) is 60.7 Å². The van der Waals surface area contributed by atoms with Gasteiger partial charge in [-0.1, -0.05) is 0 Å². The van der Waals surface area contributed by atoms with Crippen molar-refractivity contribution >= 4 is 22.6 Å². The third-order valence-corrected chi connectivity index (χ3v) is 3.72. The van der Waals surface area contributed by atoms with Gasteiger partial charge in [0.1, 0.15) is 22.8 Å². The van der Waals surface area contributed by atoms with Gasteiger partial charge in [-0.15, -0.1) is 0 Å². The summed E-state index contributed by atoms with van der Waals surface area (Å²) in [6.07, 6.45) is 0. The van der Waals surface area contributed by atoms with E-state index in [0.717, 1.165) is 11.1 Å². The molecule has 0 aliphatic heterocycles. The second kappa shape index (κ2) is 6.66. The average molecular weight is 325 g/mol. The number of hydrogen-bond acceptors (Lipinski definition) is 4. The highest BCUT2D eigenvalue weighted by atomic mass is 16.5. The van der Waals surface area contributed by atoms with Crippen molar-refractivity contribution in [2.75, 3.05) is 19.0 Å². The maximum absolute atomic E-state index is 12.7. The molecule has 5 nitrogen and oxygen atoms in total. The van der Waals surface area contributed by atoms with Crippen LogP contribution in [0.1, 0.15) is 23.0 Å². The lowest BCUT2D eigenvalue weighted by Gasteiger charge is -2.07. The second-order valence-electron chi connectivity index (χ2n) is 5.31. The van der Waals surface area contributed by atoms with Crippen LogP contribution in [-0.2, 0) is 0 Å². The molecule has 0 spiro atoms. The number of methoxy groups -OCH3 is 1. The Balaban J connectivity index is 1.89. The number of ether oxygens (including phenoxy) is 2. The van der Waals surface area contributed by atoms with Crippen molar-refractivity contribution in [3.63, 3.8) is 0 Å². The van der Waals surface area contributed by atoms with Crippen LogP contribution in [0.2, 0.25) is 0 Å². The van der Waals surface area contributed by atoms with E-state index in [1.54, 1.807) is 44.4 Å². The van der Waals surface area contributed by atoms with Crippen molar-refractivity contribution in [2.45, 2.75) is 13.8 Å². The van der Waals surface area contributed by atoms with Gasteiger partial charge in [0, 0.05) is 11.1 Å². The molecule has 0 unspecified atom stereocenters. The Morgan fingerprint density at radius 1 is 1.12 bits per heavy atom. The van der Waals surface area contributed by atoms with Crippen molar-refractivity contribution in [3.05, 3.63) is 53.8 Å². The summed E-state index contributed by atoms with van der Waals surface area (Å²) in [5, 5.41) is 3.62. The van der Waals surface area contributed by atoms with E-state index < -0.39 is 0 Å². The zero-order valence-electron chi connectivity index (χ0n) is 13.9. The minimum atomic E-state index is -0.219. The molecule has 24 heavy (non-hydrogen) atoms. The smallest absolute Gasteiger partial charge is 0.259 e. The highest BCUT2D eigenvalue weighted by Gasteiger charge is 2.19. The first-order valence-corrected chi connectivity index (χ1v) is 7.73. The van der Waals surface area contributed by atoms with Gasteiger partial charge in [0.25, 0.3) is 5.91 Å². The van der Waals surface area contributed by atoms with Crippen LogP contribution in [0, 0.1) is 6.92 Å². The summed E-state index contributed by atoms with van der Waals surface area (Å²) < 4.78 is 16.3. The van der Waals surface area contributed by atoms with Gasteiger partial charge in [0.15, 0.2) is 0 Å². The number of fused-ring (bicyclic) bond motifs is 1. The quantitative estimate of drug-likeness (QED) is 0.755. The van der Waals surface area contributed by atoms with Gasteiger partial charge in [-0.2, -0.15) is 0 Å². The fourth-order valence-electron chi connectivity index (χ4n) is 2.60. The standard InChI is InChI=1S/C19H19NO4/c1-4-23-14-7-5-13(6-8-14)20-19(21)18-12(2)24-17-10-9-15(22-3)11-16(17)18/h5-11H,4H2,1-3H3,(H,20,21). The number of aryl methyl sites for hydroxylation is 1. The van der Waals surface area contributed by atoms with E-state index in [2.05, 4.69) is 5.32 Å². The summed E-state index contributed by atoms with van der Waals surface area (Å²) in [7, 11) is 1.59. The summed E-state index contributed by atoms with van der Waals surface area (Å²) in [5.41, 5.74) is 1.86. The molecule has 1 amide bonds. The molecular weight excluding hydrogens is 306 g/mol. The number of rotatable bonds is 5. The SMILES string of the molecule is CCOc1ccc(NC(=O)c2c(C)oc3ccc(OC)cc23)cc1. The fraction of sp³-hybridized carbons (Fsp3) is 0.211. The van der Waals surface area contributed by atoms with Crippen LogP contribution < -0.4 is 14.8 Å². The molecule has 1 aromatic heterocycles. The van der Waals surface area contributed by atoms with Crippen LogP contribution in [0.25, 0.3) is 11.0 Å². The van der Waals surface area contributed by atoms with Gasteiger partial charge in [-0.25, -0.2) is 0 Å². The Hall–Kier alpha value is -2.95. The Bertz CT molecular complexity index is 865.